The summed E-state index contributed by atoms with van der Waals surface area (Å²) in [4.78, 5) is 12.8. The summed E-state index contributed by atoms with van der Waals surface area (Å²) in [5, 5.41) is 2.28. The van der Waals surface area contributed by atoms with Crippen molar-refractivity contribution in [1.82, 2.24) is 5.32 Å². The molecule has 6 nitrogen and oxygen atoms in total. The van der Waals surface area contributed by atoms with Crippen molar-refractivity contribution in [3.8, 4) is 11.5 Å². The standard InChI is InChI=1S/C21H25NO5S/c1-14(2)28(24,25)19-8-6-5-7-16(19)20(23)22-12-21(3,4)15-9-10-17-18(11-15)27-13-26-17/h5-11,14H,12-13H2,1-4H3,(H,22,23). The van der Waals surface area contributed by atoms with Crippen LogP contribution in [0.1, 0.15) is 43.6 Å². The van der Waals surface area contributed by atoms with Crippen LogP contribution in [0.3, 0.4) is 0 Å². The van der Waals surface area contributed by atoms with Gasteiger partial charge in [0.15, 0.2) is 21.3 Å². The van der Waals surface area contributed by atoms with Gasteiger partial charge in [-0.15, -0.1) is 0 Å². The minimum atomic E-state index is -3.56. The quantitative estimate of drug-likeness (QED) is 0.800. The van der Waals surface area contributed by atoms with Gasteiger partial charge in [0.05, 0.1) is 15.7 Å². The molecular formula is C21H25NO5S. The molecule has 0 spiro atoms. The molecule has 0 unspecified atom stereocenters. The number of carbonyl (C=O) groups excluding carboxylic acids is 1. The molecule has 1 aliphatic rings. The Hall–Kier alpha value is -2.54. The van der Waals surface area contributed by atoms with E-state index in [4.69, 9.17) is 9.47 Å². The number of carbonyl (C=O) groups is 1. The van der Waals surface area contributed by atoms with Crippen molar-refractivity contribution < 1.29 is 22.7 Å². The van der Waals surface area contributed by atoms with E-state index in [0.717, 1.165) is 5.56 Å². The van der Waals surface area contributed by atoms with Crippen LogP contribution in [0.5, 0.6) is 11.5 Å². The average molecular weight is 404 g/mol. The molecule has 0 saturated heterocycles. The molecule has 1 N–H and O–H groups in total. The first-order chi connectivity index (χ1) is 13.1. The third-order valence-electron chi connectivity index (χ3n) is 4.90. The molecule has 7 heteroatoms. The van der Waals surface area contributed by atoms with Crippen molar-refractivity contribution in [3.63, 3.8) is 0 Å². The number of hydrogen-bond donors (Lipinski definition) is 1. The zero-order valence-electron chi connectivity index (χ0n) is 16.5. The smallest absolute Gasteiger partial charge is 0.252 e. The number of hydrogen-bond acceptors (Lipinski definition) is 5. The van der Waals surface area contributed by atoms with Gasteiger partial charge in [0.2, 0.25) is 6.79 Å². The summed E-state index contributed by atoms with van der Waals surface area (Å²) in [6.07, 6.45) is 0. The number of rotatable bonds is 6. The predicted molar refractivity (Wildman–Crippen MR) is 107 cm³/mol. The van der Waals surface area contributed by atoms with Crippen LogP contribution in [0.4, 0.5) is 0 Å². The largest absolute Gasteiger partial charge is 0.454 e. The maximum absolute atomic E-state index is 12.8. The summed E-state index contributed by atoms with van der Waals surface area (Å²) >= 11 is 0. The van der Waals surface area contributed by atoms with Gasteiger partial charge in [-0.05, 0) is 43.7 Å². The molecule has 1 heterocycles. The van der Waals surface area contributed by atoms with E-state index in [-0.39, 0.29) is 22.7 Å². The lowest BCUT2D eigenvalue weighted by Crippen LogP contribution is -2.37. The average Bonchev–Trinajstić information content (AvgIpc) is 3.14. The Morgan fingerprint density at radius 2 is 1.79 bits per heavy atom. The molecule has 1 aliphatic heterocycles. The van der Waals surface area contributed by atoms with E-state index in [2.05, 4.69) is 5.32 Å². The third kappa shape index (κ3) is 3.85. The number of fused-ring (bicyclic) bond motifs is 1. The Labute approximate surface area is 165 Å². The van der Waals surface area contributed by atoms with Gasteiger partial charge < -0.3 is 14.8 Å². The van der Waals surface area contributed by atoms with Crippen molar-refractivity contribution in [2.75, 3.05) is 13.3 Å². The minimum Gasteiger partial charge on any atom is -0.454 e. The second kappa shape index (κ2) is 7.47. The van der Waals surface area contributed by atoms with Gasteiger partial charge in [0.25, 0.3) is 5.91 Å². The normalized spacial score (nSPS) is 13.6. The van der Waals surface area contributed by atoms with Gasteiger partial charge in [0, 0.05) is 12.0 Å². The maximum Gasteiger partial charge on any atom is 0.252 e. The number of nitrogens with one attached hydrogen (secondary N) is 1. The fourth-order valence-electron chi connectivity index (χ4n) is 2.97. The second-order valence-corrected chi connectivity index (χ2v) is 10.2. The molecule has 1 amide bonds. The van der Waals surface area contributed by atoms with Gasteiger partial charge in [-0.1, -0.05) is 32.0 Å². The van der Waals surface area contributed by atoms with Crippen LogP contribution in [0.25, 0.3) is 0 Å². The van der Waals surface area contributed by atoms with Crippen molar-refractivity contribution in [1.29, 1.82) is 0 Å². The molecule has 2 aromatic rings. The van der Waals surface area contributed by atoms with Gasteiger partial charge in [-0.3, -0.25) is 4.79 Å². The molecule has 0 aliphatic carbocycles. The number of sulfone groups is 1. The summed E-state index contributed by atoms with van der Waals surface area (Å²) in [5.74, 6) is 0.982. The van der Waals surface area contributed by atoms with Crippen LogP contribution < -0.4 is 14.8 Å². The molecular weight excluding hydrogens is 378 g/mol. The first-order valence-corrected chi connectivity index (χ1v) is 10.7. The molecule has 0 bridgehead atoms. The van der Waals surface area contributed by atoms with E-state index < -0.39 is 21.0 Å². The molecule has 28 heavy (non-hydrogen) atoms. The summed E-state index contributed by atoms with van der Waals surface area (Å²) in [6, 6.07) is 12.0. The predicted octanol–water partition coefficient (Wildman–Crippen LogP) is 3.31. The van der Waals surface area contributed by atoms with E-state index in [0.29, 0.717) is 18.0 Å². The van der Waals surface area contributed by atoms with Crippen molar-refractivity contribution in [2.45, 2.75) is 43.3 Å². The van der Waals surface area contributed by atoms with Gasteiger partial charge in [0.1, 0.15) is 0 Å². The lowest BCUT2D eigenvalue weighted by molar-refractivity contribution is 0.0942. The molecule has 150 valence electrons. The molecule has 2 aromatic carbocycles. The molecule has 0 saturated carbocycles. The monoisotopic (exact) mass is 403 g/mol. The molecule has 0 atom stereocenters. The fraction of sp³-hybridized carbons (Fsp3) is 0.381. The van der Waals surface area contributed by atoms with E-state index in [9.17, 15) is 13.2 Å². The second-order valence-electron chi connectivity index (χ2n) is 7.72. The summed E-state index contributed by atoms with van der Waals surface area (Å²) < 4.78 is 35.9. The Morgan fingerprint density at radius 1 is 1.11 bits per heavy atom. The Bertz CT molecular complexity index is 996. The molecule has 0 fully saturated rings. The van der Waals surface area contributed by atoms with Crippen molar-refractivity contribution in [2.24, 2.45) is 0 Å². The first kappa shape index (κ1) is 20.2. The lowest BCUT2D eigenvalue weighted by atomic mass is 9.84. The zero-order valence-corrected chi connectivity index (χ0v) is 17.3. The highest BCUT2D eigenvalue weighted by molar-refractivity contribution is 7.92. The number of amides is 1. The molecule has 0 aromatic heterocycles. The Balaban J connectivity index is 1.79. The Morgan fingerprint density at radius 3 is 2.50 bits per heavy atom. The van der Waals surface area contributed by atoms with Crippen LogP contribution in [0, 0.1) is 0 Å². The maximum atomic E-state index is 12.8. The van der Waals surface area contributed by atoms with Gasteiger partial charge in [-0.2, -0.15) is 0 Å². The minimum absolute atomic E-state index is 0.0587. The van der Waals surface area contributed by atoms with Crippen molar-refractivity contribution in [3.05, 3.63) is 53.6 Å². The highest BCUT2D eigenvalue weighted by atomic mass is 32.2. The van der Waals surface area contributed by atoms with E-state index >= 15 is 0 Å². The van der Waals surface area contributed by atoms with Crippen molar-refractivity contribution >= 4 is 15.7 Å². The van der Waals surface area contributed by atoms with Crippen LogP contribution in [-0.4, -0.2) is 32.9 Å². The summed E-state index contributed by atoms with van der Waals surface area (Å²) in [6.45, 7) is 7.75. The topological polar surface area (TPSA) is 81.7 Å². The molecule has 0 radical (unpaired) electrons. The first-order valence-electron chi connectivity index (χ1n) is 9.14. The summed E-state index contributed by atoms with van der Waals surface area (Å²) in [5.41, 5.74) is 0.764. The lowest BCUT2D eigenvalue weighted by Gasteiger charge is -2.26. The van der Waals surface area contributed by atoms with Gasteiger partial charge in [-0.25, -0.2) is 8.42 Å². The highest BCUT2D eigenvalue weighted by Gasteiger charge is 2.28. The number of benzene rings is 2. The summed E-state index contributed by atoms with van der Waals surface area (Å²) in [7, 11) is -3.56. The van der Waals surface area contributed by atoms with Crippen LogP contribution in [-0.2, 0) is 15.3 Å². The zero-order chi connectivity index (χ0) is 20.5. The Kier molecular flexibility index (Phi) is 5.39. The van der Waals surface area contributed by atoms with Crippen LogP contribution in [0.15, 0.2) is 47.4 Å². The van der Waals surface area contributed by atoms with Crippen LogP contribution >= 0.6 is 0 Å². The third-order valence-corrected chi connectivity index (χ3v) is 7.11. The SMILES string of the molecule is CC(C)S(=O)(=O)c1ccccc1C(=O)NCC(C)(C)c1ccc2c(c1)OCO2. The fourth-order valence-corrected chi connectivity index (χ4v) is 4.22. The number of ether oxygens (including phenoxy) is 2. The van der Waals surface area contributed by atoms with E-state index in [1.807, 2.05) is 32.0 Å². The molecule has 3 rings (SSSR count). The van der Waals surface area contributed by atoms with E-state index in [1.54, 1.807) is 26.0 Å². The van der Waals surface area contributed by atoms with Gasteiger partial charge >= 0.3 is 0 Å². The van der Waals surface area contributed by atoms with Crippen LogP contribution in [0.2, 0.25) is 0 Å². The van der Waals surface area contributed by atoms with E-state index in [1.165, 1.54) is 12.1 Å². The highest BCUT2D eigenvalue weighted by Crippen LogP contribution is 2.36.